The molecular weight excluding hydrogens is 226 g/mol. The molecule has 0 radical (unpaired) electrons. The van der Waals surface area contributed by atoms with Crippen LogP contribution in [0.15, 0.2) is 18.2 Å². The average molecular weight is 247 g/mol. The van der Waals surface area contributed by atoms with Crippen LogP contribution in [0.2, 0.25) is 0 Å². The van der Waals surface area contributed by atoms with E-state index in [1.165, 1.54) is 17.5 Å². The van der Waals surface area contributed by atoms with Gasteiger partial charge in [-0.3, -0.25) is 0 Å². The molecule has 2 atom stereocenters. The number of likely N-dealkylation sites (N-methyl/N-ethyl adjacent to an activating group) is 1. The third-order valence-electron chi connectivity index (χ3n) is 3.94. The van der Waals surface area contributed by atoms with E-state index in [2.05, 4.69) is 23.5 Å². The summed E-state index contributed by atoms with van der Waals surface area (Å²) in [5.41, 5.74) is 2.67. The molecule has 0 bridgehead atoms. The van der Waals surface area contributed by atoms with Gasteiger partial charge in [0.15, 0.2) is 0 Å². The molecule has 18 heavy (non-hydrogen) atoms. The van der Waals surface area contributed by atoms with Gasteiger partial charge in [0.1, 0.15) is 5.75 Å². The fourth-order valence-corrected chi connectivity index (χ4v) is 3.01. The van der Waals surface area contributed by atoms with Gasteiger partial charge in [0.05, 0.1) is 18.8 Å². The van der Waals surface area contributed by atoms with Crippen LogP contribution in [-0.4, -0.2) is 26.4 Å². The first kappa shape index (κ1) is 12.0. The van der Waals surface area contributed by atoms with Crippen molar-refractivity contribution < 1.29 is 9.47 Å². The van der Waals surface area contributed by atoms with Crippen molar-refractivity contribution >= 4 is 0 Å². The zero-order valence-corrected chi connectivity index (χ0v) is 10.9. The molecule has 1 saturated heterocycles. The molecule has 1 fully saturated rings. The summed E-state index contributed by atoms with van der Waals surface area (Å²) in [6, 6.07) is 6.88. The smallest absolute Gasteiger partial charge is 0.122 e. The Hall–Kier alpha value is -1.06. The molecule has 3 nitrogen and oxygen atoms in total. The lowest BCUT2D eigenvalue weighted by atomic mass is 9.95. The molecule has 0 spiro atoms. The van der Waals surface area contributed by atoms with Crippen molar-refractivity contribution in [3.05, 3.63) is 29.3 Å². The summed E-state index contributed by atoms with van der Waals surface area (Å²) in [6.45, 7) is 1.75. The van der Waals surface area contributed by atoms with Crippen molar-refractivity contribution in [1.82, 2.24) is 5.32 Å². The Balaban J connectivity index is 1.85. The zero-order valence-electron chi connectivity index (χ0n) is 10.9. The monoisotopic (exact) mass is 247 g/mol. The summed E-state index contributed by atoms with van der Waals surface area (Å²) in [5.74, 6) is 1.06. The Labute approximate surface area is 108 Å². The normalized spacial score (nSPS) is 24.4. The number of nitrogens with one attached hydrogen (secondary N) is 1. The lowest BCUT2D eigenvalue weighted by Crippen LogP contribution is -2.29. The van der Waals surface area contributed by atoms with E-state index in [-0.39, 0.29) is 0 Å². The van der Waals surface area contributed by atoms with Crippen LogP contribution in [0.1, 0.15) is 36.4 Å². The van der Waals surface area contributed by atoms with Gasteiger partial charge in [0.2, 0.25) is 0 Å². The summed E-state index contributed by atoms with van der Waals surface area (Å²) in [4.78, 5) is 0. The molecule has 0 aliphatic carbocycles. The SMILES string of the molecule is CNC(c1ccc2c(c1)CCCO2)C1CCCO1. The van der Waals surface area contributed by atoms with E-state index in [0.29, 0.717) is 12.1 Å². The van der Waals surface area contributed by atoms with E-state index in [1.54, 1.807) is 0 Å². The Bertz CT molecular complexity index is 413. The van der Waals surface area contributed by atoms with Crippen molar-refractivity contribution in [2.75, 3.05) is 20.3 Å². The average Bonchev–Trinajstić information content (AvgIpc) is 2.93. The molecule has 2 aliphatic heterocycles. The lowest BCUT2D eigenvalue weighted by molar-refractivity contribution is 0.0807. The van der Waals surface area contributed by atoms with Crippen LogP contribution in [0.3, 0.4) is 0 Å². The summed E-state index contributed by atoms with van der Waals surface area (Å²) >= 11 is 0. The van der Waals surface area contributed by atoms with E-state index in [1.807, 2.05) is 7.05 Å². The van der Waals surface area contributed by atoms with Crippen LogP contribution >= 0.6 is 0 Å². The number of hydrogen-bond donors (Lipinski definition) is 1. The molecule has 2 unspecified atom stereocenters. The van der Waals surface area contributed by atoms with Crippen LogP contribution < -0.4 is 10.1 Å². The predicted molar refractivity (Wildman–Crippen MR) is 71.0 cm³/mol. The summed E-state index contributed by atoms with van der Waals surface area (Å²) in [7, 11) is 2.02. The topological polar surface area (TPSA) is 30.5 Å². The number of hydrogen-bond acceptors (Lipinski definition) is 3. The highest BCUT2D eigenvalue weighted by molar-refractivity contribution is 5.40. The first-order valence-electron chi connectivity index (χ1n) is 6.93. The molecule has 2 aliphatic rings. The van der Waals surface area contributed by atoms with Gasteiger partial charge in [-0.2, -0.15) is 0 Å². The molecule has 0 amide bonds. The molecule has 0 aromatic heterocycles. The van der Waals surface area contributed by atoms with E-state index < -0.39 is 0 Å². The Kier molecular flexibility index (Phi) is 3.52. The minimum Gasteiger partial charge on any atom is -0.493 e. The highest BCUT2D eigenvalue weighted by atomic mass is 16.5. The number of benzene rings is 1. The maximum Gasteiger partial charge on any atom is 0.122 e. The van der Waals surface area contributed by atoms with Gasteiger partial charge in [0.25, 0.3) is 0 Å². The van der Waals surface area contributed by atoms with Crippen molar-refractivity contribution in [1.29, 1.82) is 0 Å². The first-order valence-corrected chi connectivity index (χ1v) is 6.93. The van der Waals surface area contributed by atoms with Crippen LogP contribution in [0.5, 0.6) is 5.75 Å². The molecule has 98 valence electrons. The Morgan fingerprint density at radius 3 is 3.00 bits per heavy atom. The molecular formula is C15H21NO2. The van der Waals surface area contributed by atoms with E-state index in [9.17, 15) is 0 Å². The number of aryl methyl sites for hydroxylation is 1. The fourth-order valence-electron chi connectivity index (χ4n) is 3.01. The van der Waals surface area contributed by atoms with Gasteiger partial charge in [-0.25, -0.2) is 0 Å². The fraction of sp³-hybridized carbons (Fsp3) is 0.600. The van der Waals surface area contributed by atoms with Gasteiger partial charge in [-0.05, 0) is 49.9 Å². The van der Waals surface area contributed by atoms with E-state index in [0.717, 1.165) is 38.2 Å². The number of rotatable bonds is 3. The van der Waals surface area contributed by atoms with Crippen LogP contribution in [0.4, 0.5) is 0 Å². The molecule has 1 aromatic rings. The van der Waals surface area contributed by atoms with Gasteiger partial charge in [-0.15, -0.1) is 0 Å². The maximum atomic E-state index is 5.81. The van der Waals surface area contributed by atoms with Gasteiger partial charge < -0.3 is 14.8 Å². The number of ether oxygens (including phenoxy) is 2. The highest BCUT2D eigenvalue weighted by Crippen LogP contribution is 2.31. The quantitative estimate of drug-likeness (QED) is 0.890. The van der Waals surface area contributed by atoms with Gasteiger partial charge in [0, 0.05) is 6.61 Å². The Morgan fingerprint density at radius 2 is 2.22 bits per heavy atom. The van der Waals surface area contributed by atoms with Gasteiger partial charge in [-0.1, -0.05) is 12.1 Å². The van der Waals surface area contributed by atoms with Crippen LogP contribution in [-0.2, 0) is 11.2 Å². The summed E-state index contributed by atoms with van der Waals surface area (Å²) in [6.07, 6.45) is 4.90. The molecule has 1 aromatic carbocycles. The first-order chi connectivity index (χ1) is 8.88. The molecule has 3 heteroatoms. The third-order valence-corrected chi connectivity index (χ3v) is 3.94. The molecule has 3 rings (SSSR count). The van der Waals surface area contributed by atoms with E-state index >= 15 is 0 Å². The van der Waals surface area contributed by atoms with Crippen molar-refractivity contribution in [2.45, 2.75) is 37.8 Å². The van der Waals surface area contributed by atoms with Crippen LogP contribution in [0.25, 0.3) is 0 Å². The van der Waals surface area contributed by atoms with Gasteiger partial charge >= 0.3 is 0 Å². The second kappa shape index (κ2) is 5.29. The minimum atomic E-state index is 0.305. The highest BCUT2D eigenvalue weighted by Gasteiger charge is 2.26. The summed E-state index contributed by atoms with van der Waals surface area (Å²) < 4.78 is 11.5. The second-order valence-electron chi connectivity index (χ2n) is 5.14. The minimum absolute atomic E-state index is 0.305. The lowest BCUT2D eigenvalue weighted by Gasteiger charge is -2.25. The van der Waals surface area contributed by atoms with E-state index in [4.69, 9.17) is 9.47 Å². The van der Waals surface area contributed by atoms with Crippen molar-refractivity contribution in [3.8, 4) is 5.75 Å². The van der Waals surface area contributed by atoms with Crippen molar-refractivity contribution in [2.24, 2.45) is 0 Å². The third kappa shape index (κ3) is 2.25. The molecule has 1 N–H and O–H groups in total. The molecule has 2 heterocycles. The number of fused-ring (bicyclic) bond motifs is 1. The standard InChI is InChI=1S/C15H21NO2/c1-16-15(14-5-3-9-18-14)12-6-7-13-11(10-12)4-2-8-17-13/h6-7,10,14-16H,2-5,8-9H2,1H3. The second-order valence-corrected chi connectivity index (χ2v) is 5.14. The van der Waals surface area contributed by atoms with Crippen LogP contribution in [0, 0.1) is 0 Å². The largest absolute Gasteiger partial charge is 0.493 e. The maximum absolute atomic E-state index is 5.81. The summed E-state index contributed by atoms with van der Waals surface area (Å²) in [5, 5.41) is 3.40. The Morgan fingerprint density at radius 1 is 1.28 bits per heavy atom. The van der Waals surface area contributed by atoms with Crippen molar-refractivity contribution in [3.63, 3.8) is 0 Å². The molecule has 0 saturated carbocycles. The zero-order chi connectivity index (χ0) is 12.4. The predicted octanol–water partition coefficient (Wildman–Crippen LogP) is 2.45.